The van der Waals surface area contributed by atoms with Crippen LogP contribution < -0.4 is 10.1 Å². The zero-order valence-corrected chi connectivity index (χ0v) is 12.9. The summed E-state index contributed by atoms with van der Waals surface area (Å²) in [5, 5.41) is 4.26. The summed E-state index contributed by atoms with van der Waals surface area (Å²) >= 11 is 6.13. The Bertz CT molecular complexity index is 626. The summed E-state index contributed by atoms with van der Waals surface area (Å²) in [7, 11) is 0. The summed E-state index contributed by atoms with van der Waals surface area (Å²) in [6, 6.07) is 8.47. The van der Waals surface area contributed by atoms with Crippen molar-refractivity contribution < 1.29 is 4.74 Å². The monoisotopic (exact) mass is 302 g/mol. The highest BCUT2D eigenvalue weighted by Gasteiger charge is 2.19. The van der Waals surface area contributed by atoms with Crippen LogP contribution in [-0.2, 0) is 13.0 Å². The van der Waals surface area contributed by atoms with Crippen LogP contribution in [-0.4, -0.2) is 11.0 Å². The molecule has 1 aliphatic rings. The predicted molar refractivity (Wildman–Crippen MR) is 85.0 cm³/mol. The lowest BCUT2D eigenvalue weighted by atomic mass is 10.1. The van der Waals surface area contributed by atoms with Crippen molar-refractivity contribution in [3.8, 4) is 11.5 Å². The summed E-state index contributed by atoms with van der Waals surface area (Å²) in [4.78, 5) is 4.25. The zero-order chi connectivity index (χ0) is 14.7. The van der Waals surface area contributed by atoms with Gasteiger partial charge >= 0.3 is 0 Å². The van der Waals surface area contributed by atoms with Crippen LogP contribution in [0.1, 0.15) is 30.9 Å². The molecule has 1 heterocycles. The standard InChI is InChI=1S/C17H19ClN2O/c1-2-13-8-15(5-6-17(13)18)21-16-7-12(9-19-11-16)10-20-14-3-4-14/h5-9,11,14,20H,2-4,10H2,1H3. The molecular formula is C17H19ClN2O. The van der Waals surface area contributed by atoms with Gasteiger partial charge in [-0.15, -0.1) is 0 Å². The summed E-state index contributed by atoms with van der Waals surface area (Å²) in [5.74, 6) is 1.56. The van der Waals surface area contributed by atoms with Gasteiger partial charge in [0.15, 0.2) is 0 Å². The lowest BCUT2D eigenvalue weighted by Crippen LogP contribution is -2.15. The van der Waals surface area contributed by atoms with E-state index in [4.69, 9.17) is 16.3 Å². The lowest BCUT2D eigenvalue weighted by molar-refractivity contribution is 0.478. The molecule has 3 rings (SSSR count). The third kappa shape index (κ3) is 3.96. The second kappa shape index (κ2) is 6.46. The zero-order valence-electron chi connectivity index (χ0n) is 12.1. The van der Waals surface area contributed by atoms with Crippen molar-refractivity contribution in [3.05, 3.63) is 52.8 Å². The first-order chi connectivity index (χ1) is 10.2. The number of hydrogen-bond donors (Lipinski definition) is 1. The Morgan fingerprint density at radius 1 is 1.24 bits per heavy atom. The maximum atomic E-state index is 6.13. The third-order valence-electron chi connectivity index (χ3n) is 3.58. The number of nitrogens with one attached hydrogen (secondary N) is 1. The van der Waals surface area contributed by atoms with Crippen molar-refractivity contribution in [1.29, 1.82) is 0 Å². The Labute approximate surface area is 130 Å². The highest BCUT2D eigenvalue weighted by molar-refractivity contribution is 6.31. The molecule has 1 fully saturated rings. The molecule has 1 N–H and O–H groups in total. The highest BCUT2D eigenvalue weighted by atomic mass is 35.5. The van der Waals surface area contributed by atoms with Gasteiger partial charge in [0.25, 0.3) is 0 Å². The average molecular weight is 303 g/mol. The summed E-state index contributed by atoms with van der Waals surface area (Å²) < 4.78 is 5.89. The van der Waals surface area contributed by atoms with E-state index >= 15 is 0 Å². The van der Waals surface area contributed by atoms with E-state index in [1.54, 1.807) is 6.20 Å². The van der Waals surface area contributed by atoms with E-state index in [1.165, 1.54) is 12.8 Å². The van der Waals surface area contributed by atoms with E-state index in [-0.39, 0.29) is 0 Å². The van der Waals surface area contributed by atoms with Crippen LogP contribution in [0.25, 0.3) is 0 Å². The van der Waals surface area contributed by atoms with Crippen LogP contribution in [0, 0.1) is 0 Å². The first-order valence-corrected chi connectivity index (χ1v) is 7.76. The normalized spacial score (nSPS) is 14.2. The summed E-state index contributed by atoms with van der Waals surface area (Å²) in [6.45, 7) is 2.92. The van der Waals surface area contributed by atoms with E-state index in [0.29, 0.717) is 6.04 Å². The Morgan fingerprint density at radius 3 is 2.86 bits per heavy atom. The quantitative estimate of drug-likeness (QED) is 0.862. The van der Waals surface area contributed by atoms with E-state index in [2.05, 4.69) is 17.2 Å². The number of aromatic nitrogens is 1. The number of hydrogen-bond acceptors (Lipinski definition) is 3. The van der Waals surface area contributed by atoms with Crippen molar-refractivity contribution in [3.63, 3.8) is 0 Å². The van der Waals surface area contributed by atoms with Crippen LogP contribution in [0.4, 0.5) is 0 Å². The van der Waals surface area contributed by atoms with Crippen molar-refractivity contribution >= 4 is 11.6 Å². The van der Waals surface area contributed by atoms with Crippen molar-refractivity contribution in [1.82, 2.24) is 10.3 Å². The molecular weight excluding hydrogens is 284 g/mol. The molecule has 3 nitrogen and oxygen atoms in total. The third-order valence-corrected chi connectivity index (χ3v) is 3.94. The first-order valence-electron chi connectivity index (χ1n) is 7.38. The largest absolute Gasteiger partial charge is 0.456 e. The van der Waals surface area contributed by atoms with E-state index in [0.717, 1.165) is 40.6 Å². The van der Waals surface area contributed by atoms with Crippen LogP contribution >= 0.6 is 11.6 Å². The second-order valence-corrected chi connectivity index (χ2v) is 5.80. The van der Waals surface area contributed by atoms with Gasteiger partial charge in [-0.25, -0.2) is 0 Å². The van der Waals surface area contributed by atoms with Gasteiger partial charge in [-0.3, -0.25) is 4.98 Å². The molecule has 0 saturated heterocycles. The fourth-order valence-electron chi connectivity index (χ4n) is 2.19. The minimum Gasteiger partial charge on any atom is -0.456 e. The Balaban J connectivity index is 1.70. The van der Waals surface area contributed by atoms with Crippen molar-refractivity contribution in [2.45, 2.75) is 38.8 Å². The van der Waals surface area contributed by atoms with Crippen LogP contribution in [0.5, 0.6) is 11.5 Å². The van der Waals surface area contributed by atoms with Crippen LogP contribution in [0.2, 0.25) is 5.02 Å². The molecule has 1 saturated carbocycles. The molecule has 0 atom stereocenters. The molecule has 1 aromatic carbocycles. The number of nitrogens with zero attached hydrogens (tertiary/aromatic N) is 1. The molecule has 0 aliphatic heterocycles. The molecule has 2 aromatic rings. The SMILES string of the molecule is CCc1cc(Oc2cncc(CNC3CC3)c2)ccc1Cl. The maximum Gasteiger partial charge on any atom is 0.146 e. The van der Waals surface area contributed by atoms with Crippen LogP contribution in [0.15, 0.2) is 36.7 Å². The minimum absolute atomic E-state index is 0.693. The Morgan fingerprint density at radius 2 is 2.10 bits per heavy atom. The number of benzene rings is 1. The van der Waals surface area contributed by atoms with E-state index in [1.807, 2.05) is 30.5 Å². The number of halogens is 1. The Kier molecular flexibility index (Phi) is 4.42. The molecule has 21 heavy (non-hydrogen) atoms. The number of rotatable bonds is 6. The fourth-order valence-corrected chi connectivity index (χ4v) is 2.44. The smallest absolute Gasteiger partial charge is 0.146 e. The predicted octanol–water partition coefficient (Wildman–Crippen LogP) is 4.34. The first kappa shape index (κ1) is 14.4. The minimum atomic E-state index is 0.693. The molecule has 1 aromatic heterocycles. The van der Waals surface area contributed by atoms with Gasteiger partial charge in [-0.05, 0) is 54.7 Å². The van der Waals surface area contributed by atoms with Gasteiger partial charge in [-0.1, -0.05) is 18.5 Å². The fraction of sp³-hybridized carbons (Fsp3) is 0.353. The molecule has 0 amide bonds. The molecule has 1 aliphatic carbocycles. The van der Waals surface area contributed by atoms with Crippen molar-refractivity contribution in [2.24, 2.45) is 0 Å². The lowest BCUT2D eigenvalue weighted by Gasteiger charge is -2.09. The van der Waals surface area contributed by atoms with Gasteiger partial charge < -0.3 is 10.1 Å². The van der Waals surface area contributed by atoms with Crippen LogP contribution in [0.3, 0.4) is 0 Å². The number of ether oxygens (including phenoxy) is 1. The van der Waals surface area contributed by atoms with Gasteiger partial charge in [0, 0.05) is 23.8 Å². The molecule has 0 bridgehead atoms. The van der Waals surface area contributed by atoms with Gasteiger partial charge in [0.2, 0.25) is 0 Å². The van der Waals surface area contributed by atoms with Gasteiger partial charge in [-0.2, -0.15) is 0 Å². The second-order valence-electron chi connectivity index (χ2n) is 5.39. The molecule has 0 radical (unpaired) electrons. The summed E-state index contributed by atoms with van der Waals surface area (Å²) in [6.07, 6.45) is 7.07. The molecule has 0 unspecified atom stereocenters. The highest BCUT2D eigenvalue weighted by Crippen LogP contribution is 2.27. The average Bonchev–Trinajstić information content (AvgIpc) is 3.32. The number of pyridine rings is 1. The van der Waals surface area contributed by atoms with Gasteiger partial charge in [0.05, 0.1) is 6.20 Å². The molecule has 4 heteroatoms. The topological polar surface area (TPSA) is 34.1 Å². The van der Waals surface area contributed by atoms with E-state index < -0.39 is 0 Å². The van der Waals surface area contributed by atoms with Crippen molar-refractivity contribution in [2.75, 3.05) is 0 Å². The molecule has 0 spiro atoms. The maximum absolute atomic E-state index is 6.13. The Hall–Kier alpha value is -1.58. The summed E-state index contributed by atoms with van der Waals surface area (Å²) in [5.41, 5.74) is 2.23. The van der Waals surface area contributed by atoms with Gasteiger partial charge in [0.1, 0.15) is 11.5 Å². The number of aryl methyl sites for hydroxylation is 1. The van der Waals surface area contributed by atoms with E-state index in [9.17, 15) is 0 Å². The molecule has 110 valence electrons.